The number of thioether (sulfide) groups is 1. The van der Waals surface area contributed by atoms with E-state index in [4.69, 9.17) is 5.10 Å². The van der Waals surface area contributed by atoms with Crippen molar-refractivity contribution >= 4 is 21.8 Å². The minimum atomic E-state index is -4.56. The van der Waals surface area contributed by atoms with Gasteiger partial charge < -0.3 is 10.0 Å². The topological polar surface area (TPSA) is 81.9 Å². The minimum absolute atomic E-state index is 0.0570. The van der Waals surface area contributed by atoms with E-state index in [0.29, 0.717) is 61.0 Å². The zero-order chi connectivity index (χ0) is 34.1. The second-order valence-electron chi connectivity index (χ2n) is 14.5. The highest BCUT2D eigenvalue weighted by Crippen LogP contribution is 2.40. The van der Waals surface area contributed by atoms with Gasteiger partial charge in [-0.15, -0.1) is 11.8 Å². The Bertz CT molecular complexity index is 1490. The van der Waals surface area contributed by atoms with Gasteiger partial charge in [0.1, 0.15) is 6.17 Å². The highest BCUT2D eigenvalue weighted by atomic mass is 32.2. The van der Waals surface area contributed by atoms with Gasteiger partial charge in [0.2, 0.25) is 10.0 Å². The maximum atomic E-state index is 14.1. The fraction of sp³-hybridized carbons (Fsp3) is 0.727. The van der Waals surface area contributed by atoms with Crippen molar-refractivity contribution in [2.75, 3.05) is 57.8 Å². The highest BCUT2D eigenvalue weighted by Gasteiger charge is 2.36. The molecule has 2 atom stereocenters. The second kappa shape index (κ2) is 14.6. The lowest BCUT2D eigenvalue weighted by atomic mass is 9.75. The Kier molecular flexibility index (Phi) is 11.4. The number of fused-ring (bicyclic) bond motifs is 1. The predicted molar refractivity (Wildman–Crippen MR) is 178 cm³/mol. The summed E-state index contributed by atoms with van der Waals surface area (Å²) in [5.41, 5.74) is 1.84. The molecule has 1 N–H and O–H groups in total. The predicted octanol–water partition coefficient (Wildman–Crippen LogP) is 5.53. The number of likely N-dealkylation sites (tertiary alicyclic amines) is 2. The number of nitrogens with zero attached hydrogens (tertiary/aromatic N) is 5. The summed E-state index contributed by atoms with van der Waals surface area (Å²) < 4.78 is 84.3. The largest absolute Gasteiger partial charge is 0.417 e. The molecule has 0 saturated carbocycles. The number of aliphatic hydroxyl groups excluding tert-OH is 1. The Morgan fingerprint density at radius 1 is 1.04 bits per heavy atom. The molecule has 8 nitrogen and oxygen atoms in total. The van der Waals surface area contributed by atoms with Crippen molar-refractivity contribution in [3.05, 3.63) is 35.0 Å². The molecule has 5 rings (SSSR count). The summed E-state index contributed by atoms with van der Waals surface area (Å²) in [6.07, 6.45) is -1.26. The normalized spacial score (nSPS) is 22.0. The average molecular weight is 704 g/mol. The van der Waals surface area contributed by atoms with Crippen molar-refractivity contribution in [1.82, 2.24) is 23.9 Å². The number of aromatic nitrogens is 2. The molecule has 47 heavy (non-hydrogen) atoms. The molecule has 3 aliphatic heterocycles. The van der Waals surface area contributed by atoms with Crippen LogP contribution in [0.15, 0.2) is 23.1 Å². The minimum Gasteiger partial charge on any atom is -0.390 e. The molecule has 1 unspecified atom stereocenters. The monoisotopic (exact) mass is 703 g/mol. The van der Waals surface area contributed by atoms with Crippen LogP contribution in [0, 0.1) is 11.3 Å². The molecule has 3 aliphatic rings. The number of hydrogen-bond acceptors (Lipinski definition) is 7. The Morgan fingerprint density at radius 2 is 1.77 bits per heavy atom. The lowest BCUT2D eigenvalue weighted by Crippen LogP contribution is -2.42. The van der Waals surface area contributed by atoms with E-state index in [1.165, 1.54) is 16.4 Å². The first kappa shape index (κ1) is 36.6. The maximum absolute atomic E-state index is 14.1. The van der Waals surface area contributed by atoms with Crippen LogP contribution in [0.2, 0.25) is 0 Å². The third-order valence-corrected chi connectivity index (χ3v) is 12.2. The molecular formula is C33H49F4N5O3S2. The van der Waals surface area contributed by atoms with Gasteiger partial charge in [-0.25, -0.2) is 12.8 Å². The van der Waals surface area contributed by atoms with Crippen LogP contribution in [0.25, 0.3) is 11.3 Å². The third kappa shape index (κ3) is 9.30. The summed E-state index contributed by atoms with van der Waals surface area (Å²) in [7, 11) is -3.52. The van der Waals surface area contributed by atoms with Gasteiger partial charge in [0.15, 0.2) is 0 Å². The van der Waals surface area contributed by atoms with Crippen molar-refractivity contribution in [2.24, 2.45) is 11.3 Å². The number of alkyl halides is 4. The van der Waals surface area contributed by atoms with Crippen LogP contribution in [-0.4, -0.2) is 108 Å². The van der Waals surface area contributed by atoms with Crippen molar-refractivity contribution in [3.8, 4) is 11.3 Å². The Labute approximate surface area is 280 Å². The second-order valence-corrected chi connectivity index (χ2v) is 17.6. The standard InChI is InChI=1S/C33H49F4N5O3S2/c1-32(2,3)24-9-13-40(14-10-24)20-26(43)21-42-29-11-15-41(47(4,44)45)22-27(29)31(38-42)23-7-8-28(33(35,36)37)30(18-23)46-17-16-39-12-5-6-25(34)19-39/h7-8,18,24-26,43H,5-6,9-17,19-22H2,1-4H3/t25?,26-/m0/s1. The molecule has 1 aromatic carbocycles. The van der Waals surface area contributed by atoms with Crippen LogP contribution in [0.5, 0.6) is 0 Å². The fourth-order valence-electron chi connectivity index (χ4n) is 7.18. The summed E-state index contributed by atoms with van der Waals surface area (Å²) in [5, 5.41) is 16.0. The maximum Gasteiger partial charge on any atom is 0.417 e. The lowest BCUT2D eigenvalue weighted by molar-refractivity contribution is -0.139. The van der Waals surface area contributed by atoms with Crippen molar-refractivity contribution < 1.29 is 31.1 Å². The van der Waals surface area contributed by atoms with Gasteiger partial charge in [-0.2, -0.15) is 22.6 Å². The Morgan fingerprint density at radius 3 is 2.40 bits per heavy atom. The van der Waals surface area contributed by atoms with Gasteiger partial charge in [0.05, 0.1) is 30.2 Å². The first-order chi connectivity index (χ1) is 22.0. The van der Waals surface area contributed by atoms with Gasteiger partial charge in [-0.3, -0.25) is 9.58 Å². The summed E-state index contributed by atoms with van der Waals surface area (Å²) in [4.78, 5) is 4.28. The molecule has 2 fully saturated rings. The van der Waals surface area contributed by atoms with Gasteiger partial charge in [0.25, 0.3) is 0 Å². The van der Waals surface area contributed by atoms with Gasteiger partial charge in [-0.1, -0.05) is 26.8 Å². The number of benzene rings is 1. The quantitative estimate of drug-likeness (QED) is 0.258. The average Bonchev–Trinajstić information content (AvgIpc) is 3.33. The third-order valence-electron chi connectivity index (χ3n) is 9.91. The van der Waals surface area contributed by atoms with E-state index < -0.39 is 34.0 Å². The zero-order valence-corrected chi connectivity index (χ0v) is 29.5. The first-order valence-electron chi connectivity index (χ1n) is 16.6. The van der Waals surface area contributed by atoms with E-state index in [1.807, 2.05) is 4.90 Å². The van der Waals surface area contributed by atoms with Gasteiger partial charge >= 0.3 is 6.18 Å². The molecule has 0 amide bonds. The lowest BCUT2D eigenvalue weighted by Gasteiger charge is -2.39. The van der Waals surface area contributed by atoms with Crippen LogP contribution in [0.1, 0.15) is 63.3 Å². The molecule has 14 heteroatoms. The van der Waals surface area contributed by atoms with Gasteiger partial charge in [-0.05, 0) is 68.8 Å². The molecule has 0 spiro atoms. The van der Waals surface area contributed by atoms with E-state index in [0.717, 1.165) is 68.7 Å². The molecule has 4 heterocycles. The molecule has 2 aromatic rings. The first-order valence-corrected chi connectivity index (χ1v) is 19.5. The van der Waals surface area contributed by atoms with Crippen LogP contribution in [0.4, 0.5) is 17.6 Å². The number of hydrogen-bond donors (Lipinski definition) is 1. The van der Waals surface area contributed by atoms with Crippen LogP contribution < -0.4 is 0 Å². The number of halogens is 4. The smallest absolute Gasteiger partial charge is 0.390 e. The molecule has 264 valence electrons. The Hall–Kier alpha value is -1.71. The number of sulfonamides is 1. The summed E-state index contributed by atoms with van der Waals surface area (Å²) in [6, 6.07) is 3.95. The zero-order valence-electron chi connectivity index (χ0n) is 27.9. The summed E-state index contributed by atoms with van der Waals surface area (Å²) >= 11 is 1.09. The fourth-order valence-corrected chi connectivity index (χ4v) is 9.08. The summed E-state index contributed by atoms with van der Waals surface area (Å²) in [6.45, 7) is 11.1. The Balaban J connectivity index is 1.38. The van der Waals surface area contributed by atoms with E-state index >= 15 is 0 Å². The molecule has 2 saturated heterocycles. The molecule has 0 aliphatic carbocycles. The van der Waals surface area contributed by atoms with E-state index in [1.54, 1.807) is 4.68 Å². The number of β-amino-alcohol motifs (C(OH)–C–C–N with tert-alkyl or cyclic N) is 1. The van der Waals surface area contributed by atoms with E-state index in [-0.39, 0.29) is 29.9 Å². The molecular weight excluding hydrogens is 655 g/mol. The van der Waals surface area contributed by atoms with Crippen molar-refractivity contribution in [2.45, 2.75) is 89.3 Å². The molecule has 1 aromatic heterocycles. The highest BCUT2D eigenvalue weighted by molar-refractivity contribution is 7.99. The van der Waals surface area contributed by atoms with E-state index in [9.17, 15) is 31.1 Å². The van der Waals surface area contributed by atoms with Gasteiger partial charge in [0, 0.05) is 66.6 Å². The SMILES string of the molecule is CC(C)(C)C1CCN(C[C@H](O)Cn2nc(-c3ccc(C(F)(F)F)c(SCCN4CCCC(F)C4)c3)c3c2CCN(S(C)(=O)=O)C3)CC1. The number of rotatable bonds is 10. The van der Waals surface area contributed by atoms with Crippen molar-refractivity contribution in [1.29, 1.82) is 0 Å². The molecule has 0 bridgehead atoms. The van der Waals surface area contributed by atoms with E-state index in [2.05, 4.69) is 25.7 Å². The number of piperidine rings is 2. The summed E-state index contributed by atoms with van der Waals surface area (Å²) in [5.74, 6) is 1.00. The van der Waals surface area contributed by atoms with Crippen LogP contribution >= 0.6 is 11.8 Å². The van der Waals surface area contributed by atoms with Crippen molar-refractivity contribution in [3.63, 3.8) is 0 Å². The van der Waals surface area contributed by atoms with Crippen LogP contribution in [0.3, 0.4) is 0 Å². The van der Waals surface area contributed by atoms with Crippen LogP contribution in [-0.2, 0) is 35.7 Å². The molecule has 0 radical (unpaired) electrons. The number of aliphatic hydroxyl groups is 1.